The second-order valence-corrected chi connectivity index (χ2v) is 7.68. The number of hydrogen-bond donors (Lipinski definition) is 1. The Kier molecular flexibility index (Phi) is 5.44. The van der Waals surface area contributed by atoms with Gasteiger partial charge in [-0.1, -0.05) is 34.6 Å². The fourth-order valence-corrected chi connectivity index (χ4v) is 3.93. The monoisotopic (exact) mass is 404 g/mol. The molecule has 0 amide bonds. The molecule has 4 nitrogen and oxygen atoms in total. The molecule has 0 radical (unpaired) electrons. The number of ether oxygens (including phenoxy) is 1. The highest BCUT2D eigenvalue weighted by molar-refractivity contribution is 6.37. The van der Waals surface area contributed by atoms with Crippen LogP contribution in [-0.2, 0) is 7.05 Å². The minimum atomic E-state index is -0.236. The maximum absolute atomic E-state index is 6.63. The van der Waals surface area contributed by atoms with Crippen molar-refractivity contribution in [1.29, 1.82) is 0 Å². The van der Waals surface area contributed by atoms with Crippen LogP contribution in [0.1, 0.15) is 11.1 Å². The Morgan fingerprint density at radius 3 is 2.83 bits per heavy atom. The summed E-state index contributed by atoms with van der Waals surface area (Å²) in [5, 5.41) is 5.17. The van der Waals surface area contributed by atoms with Gasteiger partial charge in [-0.15, -0.1) is 0 Å². The molecule has 2 atom stereocenters. The summed E-state index contributed by atoms with van der Waals surface area (Å²) in [5.41, 5.74) is 4.32. The van der Waals surface area contributed by atoms with Gasteiger partial charge in [0.05, 0.1) is 0 Å². The normalized spacial score (nSPS) is 18.8. The molecular formula is C24H23ClN3O+. The Morgan fingerprint density at radius 2 is 2.03 bits per heavy atom. The number of nitrogens with one attached hydrogen (secondary N) is 1. The molecule has 1 aromatic heterocycles. The van der Waals surface area contributed by atoms with Crippen molar-refractivity contribution in [1.82, 2.24) is 9.88 Å². The summed E-state index contributed by atoms with van der Waals surface area (Å²) in [4.78, 5) is 4.04. The predicted molar refractivity (Wildman–Crippen MR) is 121 cm³/mol. The lowest BCUT2D eigenvalue weighted by molar-refractivity contribution is 0.271. The minimum Gasteiger partial charge on any atom is -0.478 e. The third kappa shape index (κ3) is 4.07. The van der Waals surface area contributed by atoms with Crippen LogP contribution in [0, 0.1) is 13.5 Å². The van der Waals surface area contributed by atoms with E-state index in [4.69, 9.17) is 22.9 Å². The van der Waals surface area contributed by atoms with Gasteiger partial charge in [-0.2, -0.15) is 0 Å². The van der Waals surface area contributed by atoms with E-state index >= 15 is 0 Å². The van der Waals surface area contributed by atoms with Crippen LogP contribution >= 0.6 is 11.6 Å². The molecular weight excluding hydrogens is 382 g/mol. The van der Waals surface area contributed by atoms with Gasteiger partial charge in [-0.3, -0.25) is 5.32 Å². The summed E-state index contributed by atoms with van der Waals surface area (Å²) in [6, 6.07) is 16.0. The maximum atomic E-state index is 6.63. The Morgan fingerprint density at radius 1 is 1.17 bits per heavy atom. The van der Waals surface area contributed by atoms with Crippen LogP contribution in [0.15, 0.2) is 71.9 Å². The van der Waals surface area contributed by atoms with E-state index in [2.05, 4.69) is 39.0 Å². The molecule has 0 saturated heterocycles. The molecule has 1 N–H and O–H groups in total. The van der Waals surface area contributed by atoms with Gasteiger partial charge in [0.15, 0.2) is 0 Å². The van der Waals surface area contributed by atoms with E-state index < -0.39 is 0 Å². The van der Waals surface area contributed by atoms with Crippen LogP contribution < -0.4 is 10.1 Å². The number of hydrogen-bond acceptors (Lipinski definition) is 2. The van der Waals surface area contributed by atoms with E-state index in [1.54, 1.807) is 0 Å². The van der Waals surface area contributed by atoms with E-state index in [1.807, 2.05) is 56.6 Å². The summed E-state index contributed by atoms with van der Waals surface area (Å²) in [7, 11) is 2.03. The lowest BCUT2D eigenvalue weighted by atomic mass is 9.93. The van der Waals surface area contributed by atoms with Crippen molar-refractivity contribution in [2.45, 2.75) is 19.0 Å². The van der Waals surface area contributed by atoms with Gasteiger partial charge in [0.2, 0.25) is 0 Å². The van der Waals surface area contributed by atoms with Gasteiger partial charge in [-0.25, -0.2) is 0 Å². The highest BCUT2D eigenvalue weighted by Crippen LogP contribution is 2.33. The topological polar surface area (TPSA) is 30.6 Å². The molecule has 146 valence electrons. The first-order valence-corrected chi connectivity index (χ1v) is 9.91. The van der Waals surface area contributed by atoms with E-state index in [9.17, 15) is 0 Å². The summed E-state index contributed by atoms with van der Waals surface area (Å²) in [6.07, 6.45) is 6.01. The summed E-state index contributed by atoms with van der Waals surface area (Å²) in [6.45, 7) is 8.07. The molecule has 1 heterocycles. The Balaban J connectivity index is 1.50. The van der Waals surface area contributed by atoms with E-state index in [0.717, 1.165) is 22.4 Å². The summed E-state index contributed by atoms with van der Waals surface area (Å²) in [5.74, 6) is 0.817. The van der Waals surface area contributed by atoms with Crippen LogP contribution in [0.4, 0.5) is 0 Å². The molecule has 1 aliphatic rings. The van der Waals surface area contributed by atoms with Crippen LogP contribution in [-0.4, -0.2) is 23.4 Å². The van der Waals surface area contributed by atoms with Crippen molar-refractivity contribution in [2.75, 3.05) is 6.73 Å². The highest BCUT2D eigenvalue weighted by Gasteiger charge is 2.31. The van der Waals surface area contributed by atoms with Crippen molar-refractivity contribution in [2.24, 2.45) is 7.05 Å². The maximum Gasteiger partial charge on any atom is 0.309 e. The van der Waals surface area contributed by atoms with Crippen molar-refractivity contribution in [3.05, 3.63) is 87.9 Å². The first-order valence-electron chi connectivity index (χ1n) is 9.53. The van der Waals surface area contributed by atoms with E-state index in [-0.39, 0.29) is 12.1 Å². The van der Waals surface area contributed by atoms with Gasteiger partial charge < -0.3 is 9.30 Å². The number of nitrogens with zero attached hydrogens (tertiary/aromatic N) is 2. The van der Waals surface area contributed by atoms with E-state index in [0.29, 0.717) is 11.8 Å². The second kappa shape index (κ2) is 8.16. The molecule has 3 aromatic rings. The van der Waals surface area contributed by atoms with Crippen LogP contribution in [0.3, 0.4) is 0 Å². The van der Waals surface area contributed by atoms with Crippen LogP contribution in [0.25, 0.3) is 21.3 Å². The molecule has 1 aliphatic carbocycles. The van der Waals surface area contributed by atoms with Gasteiger partial charge in [0.25, 0.3) is 6.57 Å². The fourth-order valence-electron chi connectivity index (χ4n) is 3.63. The summed E-state index contributed by atoms with van der Waals surface area (Å²) >= 11 is 6.63. The molecule has 0 spiro atoms. The number of halogens is 1. The number of benzene rings is 2. The molecule has 5 heteroatoms. The smallest absolute Gasteiger partial charge is 0.309 e. The molecule has 0 bridgehead atoms. The van der Waals surface area contributed by atoms with Crippen molar-refractivity contribution in [3.8, 4) is 12.3 Å². The first-order chi connectivity index (χ1) is 14.0. The molecule has 29 heavy (non-hydrogen) atoms. The number of fused-ring (bicyclic) bond motifs is 1. The van der Waals surface area contributed by atoms with Crippen molar-refractivity contribution in [3.63, 3.8) is 0 Å². The third-order valence-corrected chi connectivity index (χ3v) is 5.53. The second-order valence-electron chi connectivity index (χ2n) is 7.27. The first kappa shape index (κ1) is 19.3. The Labute approximate surface area is 175 Å². The SMILES string of the molecule is C#[N+]C1C=C(c2ccc3c(ccn3C)c2)C(Cl)=CC1NCOc1cccc(C)c1. The lowest BCUT2D eigenvalue weighted by Gasteiger charge is -2.20. The highest BCUT2D eigenvalue weighted by atomic mass is 35.5. The Hall–Kier alpha value is -3.00. The van der Waals surface area contributed by atoms with Crippen molar-refractivity contribution >= 4 is 28.1 Å². The van der Waals surface area contributed by atoms with Crippen LogP contribution in [0.2, 0.25) is 0 Å². The third-order valence-electron chi connectivity index (χ3n) is 5.20. The van der Waals surface area contributed by atoms with Gasteiger partial charge in [0.1, 0.15) is 18.5 Å². The van der Waals surface area contributed by atoms with Gasteiger partial charge in [-0.05, 0) is 54.5 Å². The predicted octanol–water partition coefficient (Wildman–Crippen LogP) is 5.33. The average Bonchev–Trinajstić information content (AvgIpc) is 3.08. The number of allylic oxidation sites excluding steroid dienone is 2. The van der Waals surface area contributed by atoms with Crippen LogP contribution in [0.5, 0.6) is 5.75 Å². The molecule has 2 unspecified atom stereocenters. The largest absolute Gasteiger partial charge is 0.478 e. The molecule has 0 fully saturated rings. The lowest BCUT2D eigenvalue weighted by Crippen LogP contribution is -2.39. The number of aryl methyl sites for hydroxylation is 2. The Bertz CT molecular complexity index is 1150. The van der Waals surface area contributed by atoms with Crippen molar-refractivity contribution < 1.29 is 4.74 Å². The number of aromatic nitrogens is 1. The van der Waals surface area contributed by atoms with Gasteiger partial charge >= 0.3 is 6.04 Å². The quantitative estimate of drug-likeness (QED) is 0.582. The molecule has 0 saturated carbocycles. The minimum absolute atomic E-state index is 0.137. The molecule has 0 aliphatic heterocycles. The van der Waals surface area contributed by atoms with Gasteiger partial charge in [0, 0.05) is 40.8 Å². The summed E-state index contributed by atoms with van der Waals surface area (Å²) < 4.78 is 7.89. The average molecular weight is 405 g/mol. The molecule has 2 aromatic carbocycles. The zero-order valence-corrected chi connectivity index (χ0v) is 17.2. The molecule has 4 rings (SSSR count). The zero-order chi connectivity index (χ0) is 20.4. The number of rotatable bonds is 5. The van der Waals surface area contributed by atoms with E-state index in [1.165, 1.54) is 10.9 Å². The zero-order valence-electron chi connectivity index (χ0n) is 16.5. The standard InChI is InChI=1S/C24H23ClN3O/c1-16-5-4-6-19(11-16)29-15-27-23-14-21(25)20(13-22(23)26-2)17-7-8-24-18(12-17)9-10-28(24)3/h2,4-14,22-23,27H,15H2,1,3H3/q+1. The fraction of sp³-hybridized carbons (Fsp3) is 0.208.